The Morgan fingerprint density at radius 1 is 1.19 bits per heavy atom. The molecular formula is C14H16NSe. The first-order valence-corrected chi connectivity index (χ1v) is 6.33. The summed E-state index contributed by atoms with van der Waals surface area (Å²) in [5.74, 6) is 0. The Morgan fingerprint density at radius 3 is 2.50 bits per heavy atom. The maximum atomic E-state index is 3.46. The average molecular weight is 277 g/mol. The summed E-state index contributed by atoms with van der Waals surface area (Å²) in [5.41, 5.74) is 2.69. The van der Waals surface area contributed by atoms with E-state index in [9.17, 15) is 0 Å². The molecule has 0 amide bonds. The summed E-state index contributed by atoms with van der Waals surface area (Å²) in [5, 5.41) is 3.46. The van der Waals surface area contributed by atoms with Gasteiger partial charge in [0.2, 0.25) is 0 Å². The van der Waals surface area contributed by atoms with Gasteiger partial charge in [-0.15, -0.1) is 0 Å². The van der Waals surface area contributed by atoms with Crippen molar-refractivity contribution in [1.82, 2.24) is 0 Å². The quantitative estimate of drug-likeness (QED) is 0.820. The van der Waals surface area contributed by atoms with Gasteiger partial charge in [-0.05, 0) is 0 Å². The molecule has 0 bridgehead atoms. The number of benzene rings is 1. The summed E-state index contributed by atoms with van der Waals surface area (Å²) in [6.07, 6.45) is 7.59. The van der Waals surface area contributed by atoms with Crippen LogP contribution in [0.2, 0.25) is 0 Å². The molecule has 1 N–H and O–H groups in total. The molecule has 1 aromatic rings. The monoisotopic (exact) mass is 278 g/mol. The van der Waals surface area contributed by atoms with Crippen molar-refractivity contribution in [2.75, 3.05) is 5.32 Å². The van der Waals surface area contributed by atoms with Gasteiger partial charge in [-0.2, -0.15) is 0 Å². The molecule has 0 spiro atoms. The van der Waals surface area contributed by atoms with Crippen molar-refractivity contribution in [3.8, 4) is 0 Å². The van der Waals surface area contributed by atoms with Gasteiger partial charge in [0.15, 0.2) is 0 Å². The van der Waals surface area contributed by atoms with Gasteiger partial charge in [0.25, 0.3) is 0 Å². The van der Waals surface area contributed by atoms with Crippen LogP contribution in [0.1, 0.15) is 20.3 Å². The molecule has 0 saturated heterocycles. The van der Waals surface area contributed by atoms with Crippen LogP contribution in [0.4, 0.5) is 5.69 Å². The Bertz CT molecular complexity index is 427. The van der Waals surface area contributed by atoms with E-state index in [0.29, 0.717) is 0 Å². The van der Waals surface area contributed by atoms with E-state index in [2.05, 4.69) is 77.7 Å². The van der Waals surface area contributed by atoms with Gasteiger partial charge in [0.05, 0.1) is 0 Å². The van der Waals surface area contributed by atoms with Gasteiger partial charge in [-0.3, -0.25) is 0 Å². The zero-order valence-electron chi connectivity index (χ0n) is 9.66. The minimum atomic E-state index is 0.259. The molecule has 1 radical (unpaired) electrons. The average Bonchev–Trinajstić information content (AvgIpc) is 2.20. The van der Waals surface area contributed by atoms with E-state index >= 15 is 0 Å². The molecule has 0 unspecified atom stereocenters. The molecular weight excluding hydrogens is 261 g/mol. The molecule has 16 heavy (non-hydrogen) atoms. The topological polar surface area (TPSA) is 12.0 Å². The van der Waals surface area contributed by atoms with Crippen molar-refractivity contribution in [2.45, 2.75) is 20.3 Å². The summed E-state index contributed by atoms with van der Waals surface area (Å²) >= 11 is 2.99. The minimum absolute atomic E-state index is 0.259. The van der Waals surface area contributed by atoms with Crippen molar-refractivity contribution in [2.24, 2.45) is 5.41 Å². The molecule has 2 heteroatoms. The first-order chi connectivity index (χ1) is 7.55. The van der Waals surface area contributed by atoms with Crippen LogP contribution in [-0.4, -0.2) is 16.0 Å². The summed E-state index contributed by atoms with van der Waals surface area (Å²) in [7, 11) is 0. The standard InChI is InChI=1S/C14H16NSe/c1-14(2)9-3-4-12(10-14)15-11-5-7-13(16)8-6-11/h3-9,15H,10H2,1-2H3. The van der Waals surface area contributed by atoms with E-state index in [0.717, 1.165) is 12.1 Å². The van der Waals surface area contributed by atoms with Gasteiger partial charge >= 0.3 is 105 Å². The maximum absolute atomic E-state index is 3.46. The van der Waals surface area contributed by atoms with Crippen molar-refractivity contribution >= 4 is 26.2 Å². The number of anilines is 1. The van der Waals surface area contributed by atoms with Crippen molar-refractivity contribution in [3.05, 3.63) is 48.2 Å². The number of allylic oxidation sites excluding steroid dienone is 4. The van der Waals surface area contributed by atoms with Crippen LogP contribution < -0.4 is 9.78 Å². The zero-order chi connectivity index (χ0) is 11.6. The molecule has 0 atom stereocenters. The van der Waals surface area contributed by atoms with Gasteiger partial charge in [0.1, 0.15) is 0 Å². The normalized spacial score (nSPS) is 18.0. The fourth-order valence-corrected chi connectivity index (χ4v) is 2.13. The van der Waals surface area contributed by atoms with Gasteiger partial charge in [-0.25, -0.2) is 0 Å². The SMILES string of the molecule is CC1(C)C=CC=C(Nc2ccc([Se])cc2)C1. The third kappa shape index (κ3) is 3.00. The number of nitrogens with one attached hydrogen (secondary N) is 1. The summed E-state index contributed by atoms with van der Waals surface area (Å²) < 4.78 is 1.17. The molecule has 1 nitrogen and oxygen atoms in total. The Hall–Kier alpha value is -0.981. The van der Waals surface area contributed by atoms with Crippen LogP contribution in [0.3, 0.4) is 0 Å². The second-order valence-corrected chi connectivity index (χ2v) is 5.85. The van der Waals surface area contributed by atoms with Crippen LogP contribution >= 0.6 is 0 Å². The Balaban J connectivity index is 2.08. The Kier molecular flexibility index (Phi) is 3.22. The summed E-state index contributed by atoms with van der Waals surface area (Å²) in [4.78, 5) is 0. The van der Waals surface area contributed by atoms with E-state index in [-0.39, 0.29) is 5.41 Å². The fourth-order valence-electron chi connectivity index (χ4n) is 1.84. The van der Waals surface area contributed by atoms with Crippen LogP contribution in [-0.2, 0) is 0 Å². The van der Waals surface area contributed by atoms with Crippen LogP contribution in [0.15, 0.2) is 48.2 Å². The Morgan fingerprint density at radius 2 is 1.88 bits per heavy atom. The fraction of sp³-hybridized carbons (Fsp3) is 0.286. The first-order valence-electron chi connectivity index (χ1n) is 5.48. The third-order valence-corrected chi connectivity index (χ3v) is 3.22. The Labute approximate surface area is 105 Å². The zero-order valence-corrected chi connectivity index (χ0v) is 11.4. The molecule has 1 aliphatic carbocycles. The van der Waals surface area contributed by atoms with E-state index in [1.807, 2.05) is 0 Å². The number of hydrogen-bond acceptors (Lipinski definition) is 1. The molecule has 1 aromatic carbocycles. The summed E-state index contributed by atoms with van der Waals surface area (Å²) in [6.45, 7) is 4.50. The van der Waals surface area contributed by atoms with Crippen LogP contribution in [0, 0.1) is 5.41 Å². The molecule has 0 aliphatic heterocycles. The van der Waals surface area contributed by atoms with Crippen molar-refractivity contribution in [1.29, 1.82) is 0 Å². The molecule has 0 fully saturated rings. The molecule has 2 rings (SSSR count). The van der Waals surface area contributed by atoms with Crippen molar-refractivity contribution < 1.29 is 0 Å². The van der Waals surface area contributed by atoms with Gasteiger partial charge in [-0.1, -0.05) is 0 Å². The van der Waals surface area contributed by atoms with Crippen LogP contribution in [0.25, 0.3) is 0 Å². The van der Waals surface area contributed by atoms with E-state index in [1.54, 1.807) is 0 Å². The van der Waals surface area contributed by atoms with E-state index in [1.165, 1.54) is 10.2 Å². The van der Waals surface area contributed by atoms with E-state index < -0.39 is 0 Å². The second kappa shape index (κ2) is 4.48. The molecule has 1 aliphatic rings. The second-order valence-electron chi connectivity index (χ2n) is 4.87. The predicted octanol–water partition coefficient (Wildman–Crippen LogP) is 2.76. The van der Waals surface area contributed by atoms with Gasteiger partial charge < -0.3 is 0 Å². The summed E-state index contributed by atoms with van der Waals surface area (Å²) in [6, 6.07) is 8.34. The third-order valence-electron chi connectivity index (χ3n) is 2.65. The number of hydrogen-bond donors (Lipinski definition) is 1. The number of rotatable bonds is 2. The predicted molar refractivity (Wildman–Crippen MR) is 71.1 cm³/mol. The molecule has 0 heterocycles. The molecule has 83 valence electrons. The van der Waals surface area contributed by atoms with Crippen molar-refractivity contribution in [3.63, 3.8) is 0 Å². The van der Waals surface area contributed by atoms with Crippen LogP contribution in [0.5, 0.6) is 0 Å². The molecule has 0 saturated carbocycles. The first kappa shape index (κ1) is 11.5. The van der Waals surface area contributed by atoms with E-state index in [4.69, 9.17) is 0 Å². The molecule has 0 aromatic heterocycles. The van der Waals surface area contributed by atoms with Gasteiger partial charge in [0, 0.05) is 0 Å².